The predicted octanol–water partition coefficient (Wildman–Crippen LogP) is 3.66. The van der Waals surface area contributed by atoms with Gasteiger partial charge in [-0.2, -0.15) is 0 Å². The van der Waals surface area contributed by atoms with Crippen LogP contribution in [0.3, 0.4) is 0 Å². The van der Waals surface area contributed by atoms with Crippen LogP contribution in [0.2, 0.25) is 0 Å². The molecule has 0 saturated carbocycles. The molecule has 1 saturated heterocycles. The minimum atomic E-state index is -0.266. The van der Waals surface area contributed by atoms with Crippen LogP contribution in [0.4, 0.5) is 10.1 Å². The van der Waals surface area contributed by atoms with E-state index >= 15 is 0 Å². The van der Waals surface area contributed by atoms with Gasteiger partial charge in [0.2, 0.25) is 0 Å². The minimum absolute atomic E-state index is 0.0779. The van der Waals surface area contributed by atoms with Gasteiger partial charge < -0.3 is 19.5 Å². The van der Waals surface area contributed by atoms with Gasteiger partial charge in [-0.25, -0.2) is 4.39 Å². The molecule has 28 heavy (non-hydrogen) atoms. The second-order valence-electron chi connectivity index (χ2n) is 7.51. The first kappa shape index (κ1) is 20.4. The van der Waals surface area contributed by atoms with E-state index in [2.05, 4.69) is 10.2 Å². The van der Waals surface area contributed by atoms with Crippen LogP contribution in [0, 0.1) is 19.7 Å². The van der Waals surface area contributed by atoms with Gasteiger partial charge in [0, 0.05) is 36.9 Å². The molecule has 2 aromatic rings. The van der Waals surface area contributed by atoms with Crippen LogP contribution in [0.1, 0.15) is 47.6 Å². The van der Waals surface area contributed by atoms with Crippen molar-refractivity contribution in [2.45, 2.75) is 46.7 Å². The van der Waals surface area contributed by atoms with E-state index in [4.69, 9.17) is 4.74 Å². The molecule has 1 aliphatic rings. The third-order valence-corrected chi connectivity index (χ3v) is 5.49. The van der Waals surface area contributed by atoms with Crippen LogP contribution >= 0.6 is 0 Å². The van der Waals surface area contributed by atoms with Gasteiger partial charge in [0.25, 0.3) is 5.91 Å². The molecule has 1 fully saturated rings. The zero-order valence-electron chi connectivity index (χ0n) is 17.2. The maximum atomic E-state index is 13.7. The Morgan fingerprint density at radius 3 is 2.64 bits per heavy atom. The van der Waals surface area contributed by atoms with Crippen molar-refractivity contribution in [3.05, 3.63) is 52.6 Å². The quantitative estimate of drug-likeness (QED) is 0.823. The van der Waals surface area contributed by atoms with Crippen LogP contribution in [0.25, 0.3) is 0 Å². The average molecular weight is 387 g/mol. The average Bonchev–Trinajstić information content (AvgIpc) is 2.92. The van der Waals surface area contributed by atoms with Crippen molar-refractivity contribution < 1.29 is 13.9 Å². The van der Waals surface area contributed by atoms with Crippen LogP contribution in [-0.2, 0) is 11.3 Å². The van der Waals surface area contributed by atoms with Crippen molar-refractivity contribution in [1.82, 2.24) is 9.88 Å². The number of amides is 1. The van der Waals surface area contributed by atoms with E-state index in [-0.39, 0.29) is 17.8 Å². The van der Waals surface area contributed by atoms with Crippen LogP contribution in [0.5, 0.6) is 0 Å². The lowest BCUT2D eigenvalue weighted by molar-refractivity contribution is 0.0929. The Hall–Kier alpha value is -2.34. The number of hydrogen-bond acceptors (Lipinski definition) is 3. The molecule has 0 spiro atoms. The number of morpholine rings is 1. The van der Waals surface area contributed by atoms with Crippen LogP contribution in [0.15, 0.2) is 24.3 Å². The van der Waals surface area contributed by atoms with E-state index in [1.807, 2.05) is 38.3 Å². The molecule has 5 nitrogen and oxygen atoms in total. The third-order valence-electron chi connectivity index (χ3n) is 5.49. The standard InChI is InChI=1S/C22H30FN3O2/c1-5-15(2)24-22(27)21-16(3)20(25-9-11-28-12-10-25)17(4)26(21)14-18-7-6-8-19(23)13-18/h6-8,13,15H,5,9-12,14H2,1-4H3,(H,24,27). The van der Waals surface area contributed by atoms with Gasteiger partial charge in [-0.1, -0.05) is 19.1 Å². The van der Waals surface area contributed by atoms with Crippen molar-refractivity contribution in [1.29, 1.82) is 0 Å². The molecule has 0 aliphatic carbocycles. The molecule has 2 heterocycles. The van der Waals surface area contributed by atoms with Crippen LogP contribution in [-0.4, -0.2) is 42.8 Å². The Morgan fingerprint density at radius 1 is 1.29 bits per heavy atom. The molecule has 0 radical (unpaired) electrons. The maximum absolute atomic E-state index is 13.7. The molecular formula is C22H30FN3O2. The number of ether oxygens (including phenoxy) is 1. The monoisotopic (exact) mass is 387 g/mol. The van der Waals surface area contributed by atoms with Crippen molar-refractivity contribution in [2.24, 2.45) is 0 Å². The summed E-state index contributed by atoms with van der Waals surface area (Å²) in [5.74, 6) is -0.344. The van der Waals surface area contributed by atoms with E-state index < -0.39 is 0 Å². The molecule has 1 atom stereocenters. The molecule has 1 unspecified atom stereocenters. The highest BCUT2D eigenvalue weighted by Gasteiger charge is 2.27. The van der Waals surface area contributed by atoms with Gasteiger partial charge in [0.1, 0.15) is 11.5 Å². The Bertz CT molecular complexity index is 841. The molecule has 1 aromatic heterocycles. The third kappa shape index (κ3) is 4.22. The zero-order chi connectivity index (χ0) is 20.3. The topological polar surface area (TPSA) is 46.5 Å². The van der Waals surface area contributed by atoms with E-state index in [1.54, 1.807) is 6.07 Å². The largest absolute Gasteiger partial charge is 0.378 e. The molecule has 1 aromatic carbocycles. The molecule has 6 heteroatoms. The van der Waals surface area contributed by atoms with Crippen molar-refractivity contribution in [2.75, 3.05) is 31.2 Å². The highest BCUT2D eigenvalue weighted by atomic mass is 19.1. The van der Waals surface area contributed by atoms with E-state index in [1.165, 1.54) is 12.1 Å². The summed E-state index contributed by atoms with van der Waals surface area (Å²) < 4.78 is 21.2. The number of halogens is 1. The van der Waals surface area contributed by atoms with Gasteiger partial charge >= 0.3 is 0 Å². The number of anilines is 1. The van der Waals surface area contributed by atoms with Crippen molar-refractivity contribution in [3.8, 4) is 0 Å². The number of nitrogens with zero attached hydrogens (tertiary/aromatic N) is 2. The molecule has 1 aliphatic heterocycles. The van der Waals surface area contributed by atoms with E-state index in [0.717, 1.165) is 42.0 Å². The van der Waals surface area contributed by atoms with Gasteiger partial charge in [-0.15, -0.1) is 0 Å². The molecule has 152 valence electrons. The summed E-state index contributed by atoms with van der Waals surface area (Å²) in [5.41, 5.74) is 4.58. The molecule has 0 bridgehead atoms. The maximum Gasteiger partial charge on any atom is 0.268 e. The van der Waals surface area contributed by atoms with Crippen molar-refractivity contribution in [3.63, 3.8) is 0 Å². The summed E-state index contributed by atoms with van der Waals surface area (Å²) in [7, 11) is 0. The highest BCUT2D eigenvalue weighted by Crippen LogP contribution is 2.32. The first-order chi connectivity index (χ1) is 13.4. The smallest absolute Gasteiger partial charge is 0.268 e. The second kappa shape index (κ2) is 8.78. The fourth-order valence-corrected chi connectivity index (χ4v) is 3.84. The highest BCUT2D eigenvalue weighted by molar-refractivity contribution is 5.96. The van der Waals surface area contributed by atoms with E-state index in [9.17, 15) is 9.18 Å². The second-order valence-corrected chi connectivity index (χ2v) is 7.51. The Balaban J connectivity index is 2.05. The fourth-order valence-electron chi connectivity index (χ4n) is 3.84. The Morgan fingerprint density at radius 2 is 2.00 bits per heavy atom. The summed E-state index contributed by atoms with van der Waals surface area (Å²) in [6, 6.07) is 6.66. The summed E-state index contributed by atoms with van der Waals surface area (Å²) in [4.78, 5) is 15.4. The molecule has 3 rings (SSSR count). The summed E-state index contributed by atoms with van der Waals surface area (Å²) >= 11 is 0. The first-order valence-electron chi connectivity index (χ1n) is 10.00. The van der Waals surface area contributed by atoms with Gasteiger partial charge in [0.15, 0.2) is 0 Å². The van der Waals surface area contributed by atoms with Crippen molar-refractivity contribution >= 4 is 11.6 Å². The number of hydrogen-bond donors (Lipinski definition) is 1. The van der Waals surface area contributed by atoms with Gasteiger partial charge in [-0.05, 0) is 44.9 Å². The molecule has 1 N–H and O–H groups in total. The first-order valence-corrected chi connectivity index (χ1v) is 10.00. The SMILES string of the molecule is CCC(C)NC(=O)c1c(C)c(N2CCOCC2)c(C)n1Cc1cccc(F)c1. The molecular weight excluding hydrogens is 357 g/mol. The summed E-state index contributed by atoms with van der Waals surface area (Å²) in [5, 5.41) is 3.09. The number of aromatic nitrogens is 1. The van der Waals surface area contributed by atoms with Gasteiger partial charge in [0.05, 0.1) is 18.9 Å². The number of rotatable bonds is 6. The van der Waals surface area contributed by atoms with Gasteiger partial charge in [-0.3, -0.25) is 4.79 Å². The Labute approximate surface area is 166 Å². The van der Waals surface area contributed by atoms with E-state index in [0.29, 0.717) is 25.5 Å². The zero-order valence-corrected chi connectivity index (χ0v) is 17.2. The lowest BCUT2D eigenvalue weighted by atomic mass is 10.1. The minimum Gasteiger partial charge on any atom is -0.378 e. The summed E-state index contributed by atoms with van der Waals surface area (Å²) in [6.45, 7) is 11.5. The number of benzene rings is 1. The van der Waals surface area contributed by atoms with Crippen LogP contribution < -0.4 is 10.2 Å². The summed E-state index contributed by atoms with van der Waals surface area (Å²) in [6.07, 6.45) is 0.866. The normalized spacial score (nSPS) is 15.5. The molecule has 1 amide bonds. The predicted molar refractivity (Wildman–Crippen MR) is 110 cm³/mol. The fraction of sp³-hybridized carbons (Fsp3) is 0.500. The lowest BCUT2D eigenvalue weighted by Gasteiger charge is -2.29. The number of carbonyl (C=O) groups is 1. The number of nitrogens with one attached hydrogen (secondary N) is 1. The Kier molecular flexibility index (Phi) is 6.39. The lowest BCUT2D eigenvalue weighted by Crippen LogP contribution is -2.37. The number of carbonyl (C=O) groups excluding carboxylic acids is 1.